The first kappa shape index (κ1) is 15.5. The Bertz CT molecular complexity index is 700. The van der Waals surface area contributed by atoms with Gasteiger partial charge in [0.1, 0.15) is 5.01 Å². The summed E-state index contributed by atoms with van der Waals surface area (Å²) in [5.41, 5.74) is 1.31. The van der Waals surface area contributed by atoms with Crippen molar-refractivity contribution in [1.82, 2.24) is 20.4 Å². The molecule has 1 saturated heterocycles. The third-order valence-corrected chi connectivity index (χ3v) is 5.45. The van der Waals surface area contributed by atoms with Crippen molar-refractivity contribution < 1.29 is 4.79 Å². The molecule has 0 spiro atoms. The minimum atomic E-state index is -0.181. The fraction of sp³-hybridized carbons (Fsp3) is 0.471. The van der Waals surface area contributed by atoms with Crippen molar-refractivity contribution in [2.75, 3.05) is 18.4 Å². The van der Waals surface area contributed by atoms with Crippen molar-refractivity contribution in [2.45, 2.75) is 37.8 Å². The highest BCUT2D eigenvalue weighted by molar-refractivity contribution is 7.15. The summed E-state index contributed by atoms with van der Waals surface area (Å²) in [4.78, 5) is 14.5. The monoisotopic (exact) mass is 343 g/mol. The number of urea groups is 1. The van der Waals surface area contributed by atoms with Crippen LogP contribution in [-0.2, 0) is 6.54 Å². The first-order chi connectivity index (χ1) is 11.8. The first-order valence-corrected chi connectivity index (χ1v) is 9.25. The van der Waals surface area contributed by atoms with Crippen LogP contribution in [0.5, 0.6) is 0 Å². The number of nitrogens with one attached hydrogen (secondary N) is 2. The molecule has 2 fully saturated rings. The molecule has 1 aromatic heterocycles. The number of rotatable bonds is 5. The Labute approximate surface area is 145 Å². The maximum Gasteiger partial charge on any atom is 0.321 e. The van der Waals surface area contributed by atoms with E-state index < -0.39 is 0 Å². The number of nitrogens with zero attached hydrogens (tertiary/aromatic N) is 3. The van der Waals surface area contributed by atoms with Gasteiger partial charge in [0.25, 0.3) is 0 Å². The molecule has 0 radical (unpaired) electrons. The van der Waals surface area contributed by atoms with E-state index in [2.05, 4.69) is 50.0 Å². The van der Waals surface area contributed by atoms with Gasteiger partial charge in [-0.2, -0.15) is 0 Å². The predicted octanol–water partition coefficient (Wildman–Crippen LogP) is 2.81. The number of aromatic nitrogens is 2. The Balaban J connectivity index is 1.24. The van der Waals surface area contributed by atoms with Crippen LogP contribution in [0.3, 0.4) is 0 Å². The summed E-state index contributed by atoms with van der Waals surface area (Å²) in [6.07, 6.45) is 3.37. The number of carbonyl (C=O) groups is 1. The Kier molecular flexibility index (Phi) is 4.44. The van der Waals surface area contributed by atoms with E-state index in [0.29, 0.717) is 11.0 Å². The van der Waals surface area contributed by atoms with Gasteiger partial charge in [0, 0.05) is 31.6 Å². The number of likely N-dealkylation sites (tertiary alicyclic amines) is 1. The van der Waals surface area contributed by atoms with Gasteiger partial charge in [-0.15, -0.1) is 10.2 Å². The molecule has 2 aromatic rings. The van der Waals surface area contributed by atoms with E-state index in [1.807, 2.05) is 6.07 Å². The number of carbonyl (C=O) groups excluding carboxylic acids is 1. The lowest BCUT2D eigenvalue weighted by Crippen LogP contribution is -2.39. The lowest BCUT2D eigenvalue weighted by molar-refractivity contribution is 0.247. The maximum atomic E-state index is 12.1. The van der Waals surface area contributed by atoms with Crippen LogP contribution >= 0.6 is 11.3 Å². The summed E-state index contributed by atoms with van der Waals surface area (Å²) >= 11 is 1.49. The Morgan fingerprint density at radius 2 is 2.04 bits per heavy atom. The van der Waals surface area contributed by atoms with E-state index in [0.717, 1.165) is 31.1 Å². The van der Waals surface area contributed by atoms with Crippen LogP contribution in [-0.4, -0.2) is 40.3 Å². The molecule has 1 saturated carbocycles. The molecular weight excluding hydrogens is 322 g/mol. The van der Waals surface area contributed by atoms with Crippen molar-refractivity contribution in [1.29, 1.82) is 0 Å². The molecule has 1 atom stereocenters. The van der Waals surface area contributed by atoms with Gasteiger partial charge in [-0.3, -0.25) is 10.2 Å². The molecule has 6 nitrogen and oxygen atoms in total. The van der Waals surface area contributed by atoms with Crippen molar-refractivity contribution in [3.63, 3.8) is 0 Å². The predicted molar refractivity (Wildman–Crippen MR) is 94.2 cm³/mol. The van der Waals surface area contributed by atoms with E-state index in [1.165, 1.54) is 29.7 Å². The number of hydrogen-bond acceptors (Lipinski definition) is 5. The van der Waals surface area contributed by atoms with Crippen LogP contribution in [0.2, 0.25) is 0 Å². The topological polar surface area (TPSA) is 70.1 Å². The van der Waals surface area contributed by atoms with Gasteiger partial charge in [-0.1, -0.05) is 41.7 Å². The second kappa shape index (κ2) is 6.86. The van der Waals surface area contributed by atoms with Crippen LogP contribution in [0.25, 0.3) is 0 Å². The van der Waals surface area contributed by atoms with E-state index in [4.69, 9.17) is 0 Å². The average Bonchev–Trinajstić information content (AvgIpc) is 3.18. The summed E-state index contributed by atoms with van der Waals surface area (Å²) in [6, 6.07) is 10.4. The highest BCUT2D eigenvalue weighted by Gasteiger charge is 2.28. The molecule has 7 heteroatoms. The molecule has 1 aliphatic carbocycles. The first-order valence-electron chi connectivity index (χ1n) is 8.43. The van der Waals surface area contributed by atoms with Crippen molar-refractivity contribution >= 4 is 22.5 Å². The second-order valence-corrected chi connectivity index (χ2v) is 7.53. The fourth-order valence-electron chi connectivity index (χ4n) is 3.03. The number of hydrogen-bond donors (Lipinski definition) is 2. The van der Waals surface area contributed by atoms with Crippen LogP contribution in [0, 0.1) is 0 Å². The van der Waals surface area contributed by atoms with Gasteiger partial charge in [0.05, 0.1) is 0 Å². The molecule has 2 aliphatic rings. The van der Waals surface area contributed by atoms with Crippen molar-refractivity contribution in [3.05, 3.63) is 40.9 Å². The summed E-state index contributed by atoms with van der Waals surface area (Å²) in [5, 5.41) is 15.7. The molecule has 0 unspecified atom stereocenters. The molecule has 0 bridgehead atoms. The van der Waals surface area contributed by atoms with Gasteiger partial charge < -0.3 is 5.32 Å². The molecule has 1 aliphatic heterocycles. The molecule has 4 rings (SSSR count). The van der Waals surface area contributed by atoms with Crippen molar-refractivity contribution in [3.8, 4) is 0 Å². The van der Waals surface area contributed by atoms with E-state index in [9.17, 15) is 4.79 Å². The standard InChI is InChI=1S/C17H21N5OS/c23-16(19-17-21-20-15(24-17)13-6-7-13)18-14-8-9-22(11-14)10-12-4-2-1-3-5-12/h1-5,13-14H,6-11H2,(H2,18,19,21,23)/t14-/m1/s1. The normalized spacial score (nSPS) is 20.9. The van der Waals surface area contributed by atoms with Gasteiger partial charge in [0.2, 0.25) is 5.13 Å². The highest BCUT2D eigenvalue weighted by Crippen LogP contribution is 2.42. The minimum Gasteiger partial charge on any atom is -0.334 e. The zero-order valence-corrected chi connectivity index (χ0v) is 14.3. The Hall–Kier alpha value is -1.99. The van der Waals surface area contributed by atoms with Crippen LogP contribution in [0.15, 0.2) is 30.3 Å². The van der Waals surface area contributed by atoms with E-state index >= 15 is 0 Å². The molecular formula is C17H21N5OS. The lowest BCUT2D eigenvalue weighted by atomic mass is 10.2. The molecule has 126 valence electrons. The minimum absolute atomic E-state index is 0.181. The highest BCUT2D eigenvalue weighted by atomic mass is 32.1. The molecule has 1 aromatic carbocycles. The smallest absolute Gasteiger partial charge is 0.321 e. The van der Waals surface area contributed by atoms with Crippen molar-refractivity contribution in [2.24, 2.45) is 0 Å². The number of benzene rings is 1. The molecule has 2 N–H and O–H groups in total. The van der Waals surface area contributed by atoms with Gasteiger partial charge >= 0.3 is 6.03 Å². The van der Waals surface area contributed by atoms with E-state index in [1.54, 1.807) is 0 Å². The number of anilines is 1. The molecule has 2 amide bonds. The maximum absolute atomic E-state index is 12.1. The van der Waals surface area contributed by atoms with Gasteiger partial charge in [-0.25, -0.2) is 4.79 Å². The summed E-state index contributed by atoms with van der Waals surface area (Å²) in [7, 11) is 0. The third kappa shape index (κ3) is 3.91. The lowest BCUT2D eigenvalue weighted by Gasteiger charge is -2.16. The fourth-order valence-corrected chi connectivity index (χ4v) is 3.94. The van der Waals surface area contributed by atoms with Gasteiger partial charge in [-0.05, 0) is 24.8 Å². The Morgan fingerprint density at radius 1 is 1.21 bits per heavy atom. The second-order valence-electron chi connectivity index (χ2n) is 6.52. The van der Waals surface area contributed by atoms with Crippen LogP contribution in [0.1, 0.15) is 35.8 Å². The zero-order chi connectivity index (χ0) is 16.4. The Morgan fingerprint density at radius 3 is 2.83 bits per heavy atom. The largest absolute Gasteiger partial charge is 0.334 e. The molecule has 24 heavy (non-hydrogen) atoms. The van der Waals surface area contributed by atoms with Crippen LogP contribution in [0.4, 0.5) is 9.93 Å². The third-order valence-electron chi connectivity index (χ3n) is 4.44. The van der Waals surface area contributed by atoms with E-state index in [-0.39, 0.29) is 12.1 Å². The van der Waals surface area contributed by atoms with Gasteiger partial charge in [0.15, 0.2) is 0 Å². The number of amides is 2. The quantitative estimate of drug-likeness (QED) is 0.876. The SMILES string of the molecule is O=C(Nc1nnc(C2CC2)s1)N[C@@H]1CCN(Cc2ccccc2)C1. The summed E-state index contributed by atoms with van der Waals surface area (Å²) in [5.74, 6) is 0.572. The summed E-state index contributed by atoms with van der Waals surface area (Å²) in [6.45, 7) is 2.82. The average molecular weight is 343 g/mol. The van der Waals surface area contributed by atoms with Crippen LogP contribution < -0.4 is 10.6 Å². The zero-order valence-electron chi connectivity index (χ0n) is 13.4. The summed E-state index contributed by atoms with van der Waals surface area (Å²) < 4.78 is 0. The molecule has 2 heterocycles.